The van der Waals surface area contributed by atoms with Gasteiger partial charge in [-0.25, -0.2) is 4.79 Å². The molecule has 0 aliphatic rings. The maximum Gasteiger partial charge on any atom is 0.341 e. The number of aliphatic hydroxyl groups excluding tert-OH is 1. The first kappa shape index (κ1) is 18.1. The summed E-state index contributed by atoms with van der Waals surface area (Å²) in [5.41, 5.74) is 2.74. The summed E-state index contributed by atoms with van der Waals surface area (Å²) in [5, 5.41) is 8.71. The molecule has 1 N–H and O–H groups in total. The Morgan fingerprint density at radius 2 is 1.56 bits per heavy atom. The third-order valence-corrected chi connectivity index (χ3v) is 3.31. The Kier molecular flexibility index (Phi) is 6.65. The van der Waals surface area contributed by atoms with Crippen LogP contribution in [0.15, 0.2) is 42.5 Å². The first-order valence-electron chi connectivity index (χ1n) is 7.66. The SMILES string of the molecule is COC(=O)c1cc(C#Cc2ccc(C#CCCO)cc2)ccc1OC. The zero-order chi connectivity index (χ0) is 18.1. The molecule has 0 amide bonds. The largest absolute Gasteiger partial charge is 0.496 e. The number of rotatable bonds is 3. The smallest absolute Gasteiger partial charge is 0.341 e. The van der Waals surface area contributed by atoms with Gasteiger partial charge in [-0.3, -0.25) is 0 Å². The lowest BCUT2D eigenvalue weighted by Crippen LogP contribution is -2.04. The molecular formula is C21H18O4. The molecule has 0 saturated carbocycles. The van der Waals surface area contributed by atoms with Crippen molar-refractivity contribution in [3.05, 3.63) is 64.7 Å². The third-order valence-electron chi connectivity index (χ3n) is 3.31. The Labute approximate surface area is 147 Å². The number of carbonyl (C=O) groups is 1. The van der Waals surface area contributed by atoms with Gasteiger partial charge in [0.05, 0.1) is 20.8 Å². The van der Waals surface area contributed by atoms with Gasteiger partial charge in [-0.2, -0.15) is 0 Å². The molecule has 0 atom stereocenters. The second-order valence-electron chi connectivity index (χ2n) is 5.01. The average molecular weight is 334 g/mol. The molecule has 126 valence electrons. The number of carbonyl (C=O) groups excluding carboxylic acids is 1. The summed E-state index contributed by atoms with van der Waals surface area (Å²) in [6.07, 6.45) is 0.460. The van der Waals surface area contributed by atoms with Gasteiger partial charge in [0, 0.05) is 23.1 Å². The van der Waals surface area contributed by atoms with E-state index in [0.717, 1.165) is 11.1 Å². The van der Waals surface area contributed by atoms with Crippen LogP contribution in [0.3, 0.4) is 0 Å². The van der Waals surface area contributed by atoms with Crippen molar-refractivity contribution in [2.45, 2.75) is 6.42 Å². The minimum Gasteiger partial charge on any atom is -0.496 e. The molecule has 2 aromatic carbocycles. The molecule has 0 aliphatic carbocycles. The molecule has 2 aromatic rings. The van der Waals surface area contributed by atoms with E-state index in [4.69, 9.17) is 14.6 Å². The van der Waals surface area contributed by atoms with Crippen LogP contribution in [0.1, 0.15) is 33.5 Å². The average Bonchev–Trinajstić information content (AvgIpc) is 2.66. The summed E-state index contributed by atoms with van der Waals surface area (Å²) < 4.78 is 9.92. The zero-order valence-corrected chi connectivity index (χ0v) is 14.1. The van der Waals surface area contributed by atoms with Crippen molar-refractivity contribution in [2.24, 2.45) is 0 Å². The summed E-state index contributed by atoms with van der Waals surface area (Å²) in [4.78, 5) is 11.8. The van der Waals surface area contributed by atoms with Gasteiger partial charge in [-0.15, -0.1) is 0 Å². The summed E-state index contributed by atoms with van der Waals surface area (Å²) in [6.45, 7) is 0.0615. The van der Waals surface area contributed by atoms with Crippen LogP contribution in [0.4, 0.5) is 0 Å². The van der Waals surface area contributed by atoms with Crippen LogP contribution < -0.4 is 4.74 Å². The molecule has 0 aromatic heterocycles. The van der Waals surface area contributed by atoms with Crippen LogP contribution in [-0.2, 0) is 4.74 Å². The Morgan fingerprint density at radius 1 is 0.960 bits per heavy atom. The van der Waals surface area contributed by atoms with E-state index >= 15 is 0 Å². The predicted molar refractivity (Wildman–Crippen MR) is 95.3 cm³/mol. The van der Waals surface area contributed by atoms with E-state index < -0.39 is 5.97 Å². The number of methoxy groups -OCH3 is 2. The first-order chi connectivity index (χ1) is 12.2. The van der Waals surface area contributed by atoms with Crippen molar-refractivity contribution in [3.8, 4) is 29.4 Å². The fourth-order valence-corrected chi connectivity index (χ4v) is 2.06. The molecule has 25 heavy (non-hydrogen) atoms. The zero-order valence-electron chi connectivity index (χ0n) is 14.1. The van der Waals surface area contributed by atoms with Crippen LogP contribution in [0, 0.1) is 23.7 Å². The van der Waals surface area contributed by atoms with Crippen molar-refractivity contribution >= 4 is 5.97 Å². The van der Waals surface area contributed by atoms with Gasteiger partial charge in [0.1, 0.15) is 11.3 Å². The lowest BCUT2D eigenvalue weighted by Gasteiger charge is -2.06. The summed E-state index contributed by atoms with van der Waals surface area (Å²) in [5.74, 6) is 11.9. The standard InChI is InChI=1S/C21H18O4/c1-24-20-13-12-18(15-19(20)21(23)25-2)11-10-17-8-6-16(7-9-17)5-3-4-14-22/h6-9,12-13,15,22H,4,14H2,1-2H3. The maximum atomic E-state index is 11.8. The van der Waals surface area contributed by atoms with Gasteiger partial charge in [-0.05, 0) is 42.5 Å². The van der Waals surface area contributed by atoms with Gasteiger partial charge in [-0.1, -0.05) is 23.7 Å². The molecule has 0 fully saturated rings. The minimum atomic E-state index is -0.466. The molecule has 0 bridgehead atoms. The molecule has 0 heterocycles. The Balaban J connectivity index is 2.21. The summed E-state index contributed by atoms with van der Waals surface area (Å²) >= 11 is 0. The molecular weight excluding hydrogens is 316 g/mol. The van der Waals surface area contributed by atoms with E-state index in [2.05, 4.69) is 23.7 Å². The minimum absolute atomic E-state index is 0.0615. The van der Waals surface area contributed by atoms with Gasteiger partial charge in [0.2, 0.25) is 0 Å². The van der Waals surface area contributed by atoms with E-state index in [0.29, 0.717) is 23.3 Å². The molecule has 0 radical (unpaired) electrons. The number of aliphatic hydroxyl groups is 1. The van der Waals surface area contributed by atoms with Crippen molar-refractivity contribution in [1.29, 1.82) is 0 Å². The van der Waals surface area contributed by atoms with Gasteiger partial charge >= 0.3 is 5.97 Å². The normalized spacial score (nSPS) is 9.24. The number of esters is 1. The molecule has 0 aliphatic heterocycles. The van der Waals surface area contributed by atoms with E-state index in [1.54, 1.807) is 18.2 Å². The Bertz CT molecular complexity index is 859. The fourth-order valence-electron chi connectivity index (χ4n) is 2.06. The number of ether oxygens (including phenoxy) is 2. The highest BCUT2D eigenvalue weighted by Crippen LogP contribution is 2.20. The molecule has 0 saturated heterocycles. The molecule has 0 spiro atoms. The van der Waals surface area contributed by atoms with E-state index in [-0.39, 0.29) is 6.61 Å². The number of hydrogen-bond donors (Lipinski definition) is 1. The van der Waals surface area contributed by atoms with E-state index in [1.165, 1.54) is 14.2 Å². The van der Waals surface area contributed by atoms with Gasteiger partial charge in [0.15, 0.2) is 0 Å². The van der Waals surface area contributed by atoms with Crippen LogP contribution in [-0.4, -0.2) is 31.9 Å². The van der Waals surface area contributed by atoms with E-state index in [9.17, 15) is 4.79 Å². The quantitative estimate of drug-likeness (QED) is 0.692. The lowest BCUT2D eigenvalue weighted by atomic mass is 10.1. The Morgan fingerprint density at radius 3 is 2.16 bits per heavy atom. The number of benzene rings is 2. The first-order valence-corrected chi connectivity index (χ1v) is 7.66. The highest BCUT2D eigenvalue weighted by atomic mass is 16.5. The topological polar surface area (TPSA) is 55.8 Å². The highest BCUT2D eigenvalue weighted by Gasteiger charge is 2.12. The van der Waals surface area contributed by atoms with Crippen molar-refractivity contribution in [1.82, 2.24) is 0 Å². The molecule has 2 rings (SSSR count). The van der Waals surface area contributed by atoms with Crippen molar-refractivity contribution < 1.29 is 19.4 Å². The molecule has 0 unspecified atom stereocenters. The maximum absolute atomic E-state index is 11.8. The van der Waals surface area contributed by atoms with Crippen LogP contribution >= 0.6 is 0 Å². The summed E-state index contributed by atoms with van der Waals surface area (Å²) in [6, 6.07) is 12.6. The third kappa shape index (κ3) is 5.14. The fraction of sp³-hybridized carbons (Fsp3) is 0.190. The number of hydrogen-bond acceptors (Lipinski definition) is 4. The highest BCUT2D eigenvalue weighted by molar-refractivity contribution is 5.92. The summed E-state index contributed by atoms with van der Waals surface area (Å²) in [7, 11) is 2.82. The van der Waals surface area contributed by atoms with Gasteiger partial charge in [0.25, 0.3) is 0 Å². The lowest BCUT2D eigenvalue weighted by molar-refractivity contribution is 0.0597. The second kappa shape index (κ2) is 9.17. The monoisotopic (exact) mass is 334 g/mol. The van der Waals surface area contributed by atoms with Crippen molar-refractivity contribution in [3.63, 3.8) is 0 Å². The van der Waals surface area contributed by atoms with Crippen molar-refractivity contribution in [2.75, 3.05) is 20.8 Å². The van der Waals surface area contributed by atoms with E-state index in [1.807, 2.05) is 24.3 Å². The van der Waals surface area contributed by atoms with Crippen LogP contribution in [0.25, 0.3) is 0 Å². The molecule has 4 heteroatoms. The molecule has 4 nitrogen and oxygen atoms in total. The van der Waals surface area contributed by atoms with Crippen LogP contribution in [0.5, 0.6) is 5.75 Å². The second-order valence-corrected chi connectivity index (χ2v) is 5.01. The Hall–Kier alpha value is -3.21. The predicted octanol–water partition coefficient (Wildman–Crippen LogP) is 2.62. The van der Waals surface area contributed by atoms with Crippen LogP contribution in [0.2, 0.25) is 0 Å². The van der Waals surface area contributed by atoms with Gasteiger partial charge < -0.3 is 14.6 Å².